The number of rotatable bonds is 25. The van der Waals surface area contributed by atoms with Gasteiger partial charge in [0, 0.05) is 6.61 Å². The number of hydrogen-bond acceptors (Lipinski definition) is 4. The van der Waals surface area contributed by atoms with Gasteiger partial charge in [0.25, 0.3) is 0 Å². The van der Waals surface area contributed by atoms with Gasteiger partial charge >= 0.3 is 0 Å². The Kier molecular flexibility index (Phi) is 22.2. The van der Waals surface area contributed by atoms with Gasteiger partial charge in [-0.05, 0) is 18.6 Å². The summed E-state index contributed by atoms with van der Waals surface area (Å²) in [6.45, 7) is 6.80. The van der Waals surface area contributed by atoms with Crippen LogP contribution in [0.5, 0.6) is 5.75 Å². The van der Waals surface area contributed by atoms with Crippen molar-refractivity contribution in [3.63, 3.8) is 0 Å². The maximum atomic E-state index is 5.65. The predicted octanol–water partition coefficient (Wildman–Crippen LogP) is 7.60. The Morgan fingerprint density at radius 1 is 0.438 bits per heavy atom. The first-order chi connectivity index (χ1) is 15.9. The monoisotopic (exact) mass is 450 g/mol. The van der Waals surface area contributed by atoms with Crippen molar-refractivity contribution in [1.82, 2.24) is 0 Å². The molecule has 0 spiro atoms. The van der Waals surface area contributed by atoms with Crippen LogP contribution in [-0.4, -0.2) is 46.2 Å². The minimum absolute atomic E-state index is 0.562. The molecule has 4 nitrogen and oxygen atoms in total. The fraction of sp³-hybridized carbons (Fsp3) is 0.786. The third kappa shape index (κ3) is 20.8. The van der Waals surface area contributed by atoms with Gasteiger partial charge in [0.05, 0.1) is 33.0 Å². The molecule has 0 saturated heterocycles. The molecule has 0 unspecified atom stereocenters. The lowest BCUT2D eigenvalue weighted by Gasteiger charge is -2.08. The summed E-state index contributed by atoms with van der Waals surface area (Å²) in [6.07, 6.45) is 19.4. The van der Waals surface area contributed by atoms with Crippen molar-refractivity contribution >= 4 is 0 Å². The molecular weight excluding hydrogens is 400 g/mol. The average molecular weight is 451 g/mol. The summed E-state index contributed by atoms with van der Waals surface area (Å²) < 4.78 is 22.2. The van der Waals surface area contributed by atoms with Crippen molar-refractivity contribution in [2.24, 2.45) is 0 Å². The smallest absolute Gasteiger partial charge is 0.119 e. The molecule has 32 heavy (non-hydrogen) atoms. The molecule has 0 aliphatic carbocycles. The molecule has 0 radical (unpaired) electrons. The van der Waals surface area contributed by atoms with Crippen LogP contribution in [0, 0.1) is 0 Å². The standard InChI is InChI=1S/C28H50O4/c1-2-3-4-5-6-7-8-9-10-11-12-13-14-18-21-29-22-23-30-24-25-31-26-27-32-28-19-16-15-17-20-28/h15-17,19-20H,2-14,18,21-27H2,1H3. The Morgan fingerprint density at radius 3 is 1.34 bits per heavy atom. The van der Waals surface area contributed by atoms with E-state index in [1.807, 2.05) is 30.3 Å². The zero-order chi connectivity index (χ0) is 22.8. The molecule has 0 fully saturated rings. The molecule has 0 atom stereocenters. The quantitative estimate of drug-likeness (QED) is 0.144. The zero-order valence-electron chi connectivity index (χ0n) is 20.9. The van der Waals surface area contributed by atoms with E-state index >= 15 is 0 Å². The molecule has 4 heteroatoms. The third-order valence-electron chi connectivity index (χ3n) is 5.63. The molecule has 0 aliphatic heterocycles. The van der Waals surface area contributed by atoms with Crippen LogP contribution in [0.4, 0.5) is 0 Å². The lowest BCUT2D eigenvalue weighted by Crippen LogP contribution is -2.12. The van der Waals surface area contributed by atoms with Gasteiger partial charge < -0.3 is 18.9 Å². The second-order valence-corrected chi connectivity index (χ2v) is 8.59. The third-order valence-corrected chi connectivity index (χ3v) is 5.63. The van der Waals surface area contributed by atoms with Crippen LogP contribution in [0.15, 0.2) is 30.3 Å². The summed E-state index contributed by atoms with van der Waals surface area (Å²) in [7, 11) is 0. The summed E-state index contributed by atoms with van der Waals surface area (Å²) in [5.74, 6) is 0.878. The summed E-state index contributed by atoms with van der Waals surface area (Å²) >= 11 is 0. The van der Waals surface area contributed by atoms with Crippen molar-refractivity contribution < 1.29 is 18.9 Å². The van der Waals surface area contributed by atoms with E-state index in [9.17, 15) is 0 Å². The SMILES string of the molecule is CCCCCCCCCCCCCCCCOCCOCCOCCOc1ccccc1. The van der Waals surface area contributed by atoms with Gasteiger partial charge in [0.15, 0.2) is 0 Å². The molecule has 1 aromatic rings. The lowest BCUT2D eigenvalue weighted by atomic mass is 10.0. The Balaban J connectivity index is 1.64. The Labute approximate surface area is 198 Å². The second-order valence-electron chi connectivity index (χ2n) is 8.59. The van der Waals surface area contributed by atoms with Gasteiger partial charge in [-0.3, -0.25) is 0 Å². The highest BCUT2D eigenvalue weighted by Crippen LogP contribution is 2.13. The highest BCUT2D eigenvalue weighted by Gasteiger charge is 1.96. The predicted molar refractivity (Wildman–Crippen MR) is 135 cm³/mol. The molecule has 0 saturated carbocycles. The van der Waals surface area contributed by atoms with Gasteiger partial charge in [-0.1, -0.05) is 109 Å². The lowest BCUT2D eigenvalue weighted by molar-refractivity contribution is 0.00878. The van der Waals surface area contributed by atoms with E-state index in [1.165, 1.54) is 89.9 Å². The number of para-hydroxylation sites is 1. The Hall–Kier alpha value is -1.10. The largest absolute Gasteiger partial charge is 0.491 e. The van der Waals surface area contributed by atoms with Gasteiger partial charge in [-0.25, -0.2) is 0 Å². The zero-order valence-corrected chi connectivity index (χ0v) is 20.9. The van der Waals surface area contributed by atoms with Crippen LogP contribution in [0.25, 0.3) is 0 Å². The molecular formula is C28H50O4. The van der Waals surface area contributed by atoms with Crippen molar-refractivity contribution in [2.45, 2.75) is 96.8 Å². The topological polar surface area (TPSA) is 36.9 Å². The number of benzene rings is 1. The van der Waals surface area contributed by atoms with Gasteiger partial charge in [0.2, 0.25) is 0 Å². The maximum absolute atomic E-state index is 5.65. The van der Waals surface area contributed by atoms with Crippen LogP contribution >= 0.6 is 0 Å². The van der Waals surface area contributed by atoms with Crippen LogP contribution in [0.3, 0.4) is 0 Å². The summed E-state index contributed by atoms with van der Waals surface area (Å²) in [6, 6.07) is 9.80. The van der Waals surface area contributed by atoms with Crippen molar-refractivity contribution in [3.05, 3.63) is 30.3 Å². The molecule has 186 valence electrons. The Bertz CT molecular complexity index is 466. The second kappa shape index (κ2) is 24.5. The molecule has 0 amide bonds. The summed E-state index contributed by atoms with van der Waals surface area (Å²) in [4.78, 5) is 0. The number of ether oxygens (including phenoxy) is 4. The maximum Gasteiger partial charge on any atom is 0.119 e. The molecule has 0 aliphatic rings. The van der Waals surface area contributed by atoms with E-state index in [4.69, 9.17) is 18.9 Å². The van der Waals surface area contributed by atoms with Crippen LogP contribution in [0.2, 0.25) is 0 Å². The molecule has 1 aromatic carbocycles. The number of hydrogen-bond donors (Lipinski definition) is 0. The van der Waals surface area contributed by atoms with Crippen molar-refractivity contribution in [1.29, 1.82) is 0 Å². The van der Waals surface area contributed by atoms with Gasteiger partial charge in [0.1, 0.15) is 12.4 Å². The molecule has 1 rings (SSSR count). The van der Waals surface area contributed by atoms with Crippen LogP contribution in [-0.2, 0) is 14.2 Å². The minimum Gasteiger partial charge on any atom is -0.491 e. The van der Waals surface area contributed by atoms with E-state index in [1.54, 1.807) is 0 Å². The molecule has 0 heterocycles. The fourth-order valence-electron chi connectivity index (χ4n) is 3.68. The first kappa shape index (κ1) is 28.9. The fourth-order valence-corrected chi connectivity index (χ4v) is 3.68. The normalized spacial score (nSPS) is 11.2. The molecule has 0 bridgehead atoms. The van der Waals surface area contributed by atoms with E-state index in [0.717, 1.165) is 12.4 Å². The average Bonchev–Trinajstić information content (AvgIpc) is 2.82. The summed E-state index contributed by atoms with van der Waals surface area (Å²) in [5.41, 5.74) is 0. The summed E-state index contributed by atoms with van der Waals surface area (Å²) in [5, 5.41) is 0. The highest BCUT2D eigenvalue weighted by molar-refractivity contribution is 5.20. The van der Waals surface area contributed by atoms with Crippen LogP contribution in [0.1, 0.15) is 96.8 Å². The number of unbranched alkanes of at least 4 members (excludes halogenated alkanes) is 13. The van der Waals surface area contributed by atoms with E-state index in [2.05, 4.69) is 6.92 Å². The van der Waals surface area contributed by atoms with E-state index in [-0.39, 0.29) is 0 Å². The van der Waals surface area contributed by atoms with Gasteiger partial charge in [-0.15, -0.1) is 0 Å². The first-order valence-corrected chi connectivity index (χ1v) is 13.3. The molecule has 0 aromatic heterocycles. The molecule has 0 N–H and O–H groups in total. The Morgan fingerprint density at radius 2 is 0.844 bits per heavy atom. The van der Waals surface area contributed by atoms with E-state index < -0.39 is 0 Å². The van der Waals surface area contributed by atoms with Gasteiger partial charge in [-0.2, -0.15) is 0 Å². The minimum atomic E-state index is 0.562. The highest BCUT2D eigenvalue weighted by atomic mass is 16.6. The van der Waals surface area contributed by atoms with Crippen LogP contribution < -0.4 is 4.74 Å². The van der Waals surface area contributed by atoms with Crippen molar-refractivity contribution in [2.75, 3.05) is 46.2 Å². The van der Waals surface area contributed by atoms with Crippen molar-refractivity contribution in [3.8, 4) is 5.75 Å². The van der Waals surface area contributed by atoms with E-state index in [0.29, 0.717) is 39.6 Å². The first-order valence-electron chi connectivity index (χ1n) is 13.3.